The zero-order valence-electron chi connectivity index (χ0n) is 11.6. The standard InChI is InChI=1S/C14H20N4O/c1-4-5-19-12-6-11(7-16-8-12)14(15-2)13-9-18(3)10-17-13/h6-10,14-15H,4-5H2,1-3H3. The molecule has 0 spiro atoms. The average Bonchev–Trinajstić information content (AvgIpc) is 2.84. The lowest BCUT2D eigenvalue weighted by atomic mass is 10.1. The molecule has 2 heterocycles. The number of hydrogen-bond acceptors (Lipinski definition) is 4. The van der Waals surface area contributed by atoms with E-state index in [2.05, 4.69) is 22.2 Å². The number of aryl methyl sites for hydroxylation is 1. The number of ether oxygens (including phenoxy) is 1. The van der Waals surface area contributed by atoms with Crippen molar-refractivity contribution in [3.8, 4) is 5.75 Å². The molecule has 0 radical (unpaired) electrons. The molecule has 5 heteroatoms. The van der Waals surface area contributed by atoms with Crippen molar-refractivity contribution >= 4 is 0 Å². The number of pyridine rings is 1. The number of nitrogens with one attached hydrogen (secondary N) is 1. The van der Waals surface area contributed by atoms with Gasteiger partial charge in [0.25, 0.3) is 0 Å². The van der Waals surface area contributed by atoms with E-state index >= 15 is 0 Å². The lowest BCUT2D eigenvalue weighted by Crippen LogP contribution is -2.18. The molecule has 19 heavy (non-hydrogen) atoms. The van der Waals surface area contributed by atoms with Crippen LogP contribution in [0.2, 0.25) is 0 Å². The average molecular weight is 260 g/mol. The van der Waals surface area contributed by atoms with Gasteiger partial charge in [-0.05, 0) is 25.1 Å². The number of nitrogens with zero attached hydrogens (tertiary/aromatic N) is 3. The zero-order valence-corrected chi connectivity index (χ0v) is 11.6. The molecule has 0 aromatic carbocycles. The third-order valence-electron chi connectivity index (χ3n) is 2.85. The highest BCUT2D eigenvalue weighted by molar-refractivity contribution is 5.30. The first kappa shape index (κ1) is 13.5. The fraction of sp³-hybridized carbons (Fsp3) is 0.429. The van der Waals surface area contributed by atoms with E-state index in [4.69, 9.17) is 4.74 Å². The van der Waals surface area contributed by atoms with Gasteiger partial charge in [-0.2, -0.15) is 0 Å². The van der Waals surface area contributed by atoms with E-state index < -0.39 is 0 Å². The molecule has 2 rings (SSSR count). The summed E-state index contributed by atoms with van der Waals surface area (Å²) in [5, 5.41) is 3.26. The van der Waals surface area contributed by atoms with Crippen LogP contribution in [0, 0.1) is 0 Å². The van der Waals surface area contributed by atoms with Gasteiger partial charge in [0.2, 0.25) is 0 Å². The largest absolute Gasteiger partial charge is 0.492 e. The minimum absolute atomic E-state index is 0.0267. The third-order valence-corrected chi connectivity index (χ3v) is 2.85. The molecule has 102 valence electrons. The van der Waals surface area contributed by atoms with E-state index in [-0.39, 0.29) is 6.04 Å². The molecule has 0 fully saturated rings. The van der Waals surface area contributed by atoms with Crippen molar-refractivity contribution in [1.29, 1.82) is 0 Å². The first-order valence-electron chi connectivity index (χ1n) is 6.47. The van der Waals surface area contributed by atoms with Gasteiger partial charge in [0, 0.05) is 19.4 Å². The van der Waals surface area contributed by atoms with Crippen molar-refractivity contribution in [1.82, 2.24) is 19.9 Å². The fourth-order valence-corrected chi connectivity index (χ4v) is 1.96. The molecule has 0 aliphatic heterocycles. The summed E-state index contributed by atoms with van der Waals surface area (Å²) in [6.45, 7) is 2.79. The lowest BCUT2D eigenvalue weighted by molar-refractivity contribution is 0.315. The monoisotopic (exact) mass is 260 g/mol. The van der Waals surface area contributed by atoms with E-state index in [0.29, 0.717) is 6.61 Å². The molecule has 0 amide bonds. The van der Waals surface area contributed by atoms with E-state index in [1.807, 2.05) is 37.1 Å². The second kappa shape index (κ2) is 6.33. The van der Waals surface area contributed by atoms with E-state index in [9.17, 15) is 0 Å². The number of aromatic nitrogens is 3. The molecule has 2 aromatic rings. The highest BCUT2D eigenvalue weighted by Crippen LogP contribution is 2.22. The van der Waals surface area contributed by atoms with Crippen LogP contribution in [0.25, 0.3) is 0 Å². The van der Waals surface area contributed by atoms with E-state index in [1.54, 1.807) is 12.5 Å². The quantitative estimate of drug-likeness (QED) is 0.862. The van der Waals surface area contributed by atoms with Crippen molar-refractivity contribution in [3.63, 3.8) is 0 Å². The Morgan fingerprint density at radius 1 is 1.42 bits per heavy atom. The van der Waals surface area contributed by atoms with Crippen LogP contribution >= 0.6 is 0 Å². The maximum Gasteiger partial charge on any atom is 0.137 e. The van der Waals surface area contributed by atoms with Crippen LogP contribution < -0.4 is 10.1 Å². The molecule has 2 aromatic heterocycles. The number of imidazole rings is 1. The Labute approximate surface area is 113 Å². The summed E-state index contributed by atoms with van der Waals surface area (Å²) in [6, 6.07) is 2.04. The molecular formula is C14H20N4O. The molecule has 0 saturated carbocycles. The Morgan fingerprint density at radius 2 is 2.26 bits per heavy atom. The molecule has 0 bridgehead atoms. The maximum absolute atomic E-state index is 5.62. The smallest absolute Gasteiger partial charge is 0.137 e. The topological polar surface area (TPSA) is 52.0 Å². The Kier molecular flexibility index (Phi) is 4.52. The van der Waals surface area contributed by atoms with Gasteiger partial charge >= 0.3 is 0 Å². The summed E-state index contributed by atoms with van der Waals surface area (Å²) < 4.78 is 7.55. The summed E-state index contributed by atoms with van der Waals surface area (Å²) in [4.78, 5) is 8.63. The molecule has 0 aliphatic carbocycles. The van der Waals surface area contributed by atoms with Crippen molar-refractivity contribution in [2.45, 2.75) is 19.4 Å². The lowest BCUT2D eigenvalue weighted by Gasteiger charge is -2.15. The van der Waals surface area contributed by atoms with Gasteiger partial charge < -0.3 is 14.6 Å². The molecule has 1 N–H and O–H groups in total. The zero-order chi connectivity index (χ0) is 13.7. The first-order chi connectivity index (χ1) is 9.24. The summed E-state index contributed by atoms with van der Waals surface area (Å²) in [5.41, 5.74) is 2.02. The van der Waals surface area contributed by atoms with Crippen molar-refractivity contribution in [3.05, 3.63) is 42.2 Å². The normalized spacial score (nSPS) is 12.4. The van der Waals surface area contributed by atoms with Gasteiger partial charge in [0.1, 0.15) is 5.75 Å². The van der Waals surface area contributed by atoms with Crippen LogP contribution in [0.3, 0.4) is 0 Å². The summed E-state index contributed by atoms with van der Waals surface area (Å²) in [6.07, 6.45) is 8.37. The second-order valence-corrected chi connectivity index (χ2v) is 4.49. The van der Waals surface area contributed by atoms with Crippen molar-refractivity contribution in [2.24, 2.45) is 7.05 Å². The van der Waals surface area contributed by atoms with Crippen LogP contribution in [0.5, 0.6) is 5.75 Å². The number of rotatable bonds is 6. The Hall–Kier alpha value is -1.88. The van der Waals surface area contributed by atoms with Crippen molar-refractivity contribution < 1.29 is 4.74 Å². The summed E-state index contributed by atoms with van der Waals surface area (Å²) >= 11 is 0. The SMILES string of the molecule is CCCOc1cncc(C(NC)c2cn(C)cn2)c1. The molecular weight excluding hydrogens is 240 g/mol. The fourth-order valence-electron chi connectivity index (χ4n) is 1.96. The molecule has 1 unspecified atom stereocenters. The van der Waals surface area contributed by atoms with Gasteiger partial charge in [-0.25, -0.2) is 4.98 Å². The first-order valence-corrected chi connectivity index (χ1v) is 6.47. The minimum atomic E-state index is 0.0267. The Balaban J connectivity index is 2.23. The Bertz CT molecular complexity index is 524. The van der Waals surface area contributed by atoms with Crippen LogP contribution in [-0.4, -0.2) is 28.2 Å². The Morgan fingerprint density at radius 3 is 2.89 bits per heavy atom. The van der Waals surface area contributed by atoms with Gasteiger partial charge in [0.15, 0.2) is 0 Å². The molecule has 0 saturated heterocycles. The van der Waals surface area contributed by atoms with Gasteiger partial charge in [-0.1, -0.05) is 6.92 Å². The van der Waals surface area contributed by atoms with Crippen LogP contribution in [0.15, 0.2) is 31.0 Å². The third kappa shape index (κ3) is 3.32. The van der Waals surface area contributed by atoms with Crippen LogP contribution in [0.4, 0.5) is 0 Å². The predicted molar refractivity (Wildman–Crippen MR) is 74.1 cm³/mol. The van der Waals surface area contributed by atoms with Gasteiger partial charge in [-0.3, -0.25) is 4.98 Å². The summed E-state index contributed by atoms with van der Waals surface area (Å²) in [5.74, 6) is 0.801. The molecule has 0 aliphatic rings. The summed E-state index contributed by atoms with van der Waals surface area (Å²) in [7, 11) is 3.88. The van der Waals surface area contributed by atoms with Crippen LogP contribution in [-0.2, 0) is 7.05 Å². The highest BCUT2D eigenvalue weighted by atomic mass is 16.5. The van der Waals surface area contributed by atoms with Gasteiger partial charge in [0.05, 0.1) is 30.9 Å². The van der Waals surface area contributed by atoms with E-state index in [1.165, 1.54) is 0 Å². The highest BCUT2D eigenvalue weighted by Gasteiger charge is 2.15. The molecule has 1 atom stereocenters. The number of hydrogen-bond donors (Lipinski definition) is 1. The minimum Gasteiger partial charge on any atom is -0.492 e. The van der Waals surface area contributed by atoms with Crippen molar-refractivity contribution in [2.75, 3.05) is 13.7 Å². The maximum atomic E-state index is 5.62. The second-order valence-electron chi connectivity index (χ2n) is 4.49. The predicted octanol–water partition coefficient (Wildman–Crippen LogP) is 1.91. The molecule has 5 nitrogen and oxygen atoms in total. The van der Waals surface area contributed by atoms with Gasteiger partial charge in [-0.15, -0.1) is 0 Å². The van der Waals surface area contributed by atoms with E-state index in [0.717, 1.165) is 23.4 Å². The van der Waals surface area contributed by atoms with Crippen LogP contribution in [0.1, 0.15) is 30.6 Å².